The van der Waals surface area contributed by atoms with Gasteiger partial charge in [0, 0.05) is 18.3 Å². The maximum Gasteiger partial charge on any atom is 0.244 e. The number of aryl methyl sites for hydroxylation is 2. The van der Waals surface area contributed by atoms with Crippen LogP contribution in [-0.2, 0) is 4.79 Å². The third-order valence-electron chi connectivity index (χ3n) is 3.91. The molecule has 2 heterocycles. The first-order valence-electron chi connectivity index (χ1n) is 8.20. The molecule has 0 aliphatic rings. The van der Waals surface area contributed by atoms with Crippen LogP contribution in [0.5, 0.6) is 0 Å². The van der Waals surface area contributed by atoms with Crippen LogP contribution >= 0.6 is 0 Å². The van der Waals surface area contributed by atoms with E-state index in [1.165, 1.54) is 6.08 Å². The van der Waals surface area contributed by atoms with Gasteiger partial charge in [-0.25, -0.2) is 0 Å². The van der Waals surface area contributed by atoms with Gasteiger partial charge in [-0.1, -0.05) is 30.3 Å². The summed E-state index contributed by atoms with van der Waals surface area (Å²) in [5, 5.41) is 7.46. The van der Waals surface area contributed by atoms with Gasteiger partial charge in [0.1, 0.15) is 11.8 Å². The van der Waals surface area contributed by atoms with E-state index in [0.29, 0.717) is 6.54 Å². The van der Waals surface area contributed by atoms with Crippen LogP contribution in [0.25, 0.3) is 6.08 Å². The average molecular weight is 335 g/mol. The molecule has 0 saturated carbocycles. The Morgan fingerprint density at radius 2 is 2.04 bits per heavy atom. The lowest BCUT2D eigenvalue weighted by atomic mass is 10.2. The Hall–Kier alpha value is -3.08. The molecule has 2 aromatic heterocycles. The summed E-state index contributed by atoms with van der Waals surface area (Å²) in [6.45, 7) is 4.34. The number of nitrogens with zero attached hydrogens (tertiary/aromatic N) is 2. The molecule has 0 fully saturated rings. The number of carbonyl (C=O) groups excluding carboxylic acids is 1. The lowest BCUT2D eigenvalue weighted by Crippen LogP contribution is -2.31. The van der Waals surface area contributed by atoms with E-state index >= 15 is 0 Å². The van der Waals surface area contributed by atoms with Crippen molar-refractivity contribution in [1.82, 2.24) is 15.1 Å². The van der Waals surface area contributed by atoms with Gasteiger partial charge < -0.3 is 9.73 Å². The van der Waals surface area contributed by atoms with E-state index in [1.54, 1.807) is 12.3 Å². The molecule has 5 nitrogen and oxygen atoms in total. The Labute approximate surface area is 147 Å². The number of benzene rings is 1. The molecular weight excluding hydrogens is 314 g/mol. The molecule has 128 valence electrons. The number of rotatable bonds is 6. The number of amides is 1. The summed E-state index contributed by atoms with van der Waals surface area (Å²) in [4.78, 5) is 12.2. The summed E-state index contributed by atoms with van der Waals surface area (Å²) in [7, 11) is 0. The molecule has 0 saturated heterocycles. The molecule has 0 bridgehead atoms. The van der Waals surface area contributed by atoms with Gasteiger partial charge in [-0.3, -0.25) is 9.48 Å². The third kappa shape index (κ3) is 4.26. The van der Waals surface area contributed by atoms with Crippen molar-refractivity contribution in [2.45, 2.75) is 19.9 Å². The molecule has 1 aromatic carbocycles. The Morgan fingerprint density at radius 1 is 1.24 bits per heavy atom. The zero-order valence-electron chi connectivity index (χ0n) is 14.3. The molecule has 0 spiro atoms. The van der Waals surface area contributed by atoms with E-state index in [-0.39, 0.29) is 11.9 Å². The molecular formula is C20H21N3O2. The van der Waals surface area contributed by atoms with Gasteiger partial charge in [0.2, 0.25) is 5.91 Å². The second-order valence-corrected chi connectivity index (χ2v) is 5.89. The smallest absolute Gasteiger partial charge is 0.244 e. The second kappa shape index (κ2) is 7.66. The van der Waals surface area contributed by atoms with Crippen molar-refractivity contribution in [3.63, 3.8) is 0 Å². The van der Waals surface area contributed by atoms with Crippen molar-refractivity contribution >= 4 is 12.0 Å². The highest BCUT2D eigenvalue weighted by molar-refractivity contribution is 5.91. The number of aromatic nitrogens is 2. The number of hydrogen-bond donors (Lipinski definition) is 1. The van der Waals surface area contributed by atoms with E-state index in [9.17, 15) is 4.79 Å². The van der Waals surface area contributed by atoms with E-state index < -0.39 is 0 Å². The molecule has 0 aliphatic heterocycles. The predicted octanol–water partition coefficient (Wildman–Crippen LogP) is 3.51. The molecule has 0 aliphatic carbocycles. The highest BCUT2D eigenvalue weighted by Gasteiger charge is 2.20. The van der Waals surface area contributed by atoms with Crippen LogP contribution in [-0.4, -0.2) is 22.2 Å². The summed E-state index contributed by atoms with van der Waals surface area (Å²) >= 11 is 0. The van der Waals surface area contributed by atoms with Crippen LogP contribution in [0, 0.1) is 13.8 Å². The zero-order valence-corrected chi connectivity index (χ0v) is 14.3. The minimum Gasteiger partial charge on any atom is -0.467 e. The van der Waals surface area contributed by atoms with Crippen molar-refractivity contribution in [3.05, 3.63) is 83.6 Å². The fraction of sp³-hybridized carbons (Fsp3) is 0.200. The van der Waals surface area contributed by atoms with E-state index in [1.807, 2.05) is 67.1 Å². The molecule has 5 heteroatoms. The van der Waals surface area contributed by atoms with Crippen LogP contribution in [0.3, 0.4) is 0 Å². The number of hydrogen-bond acceptors (Lipinski definition) is 3. The summed E-state index contributed by atoms with van der Waals surface area (Å²) in [5.41, 5.74) is 2.94. The lowest BCUT2D eigenvalue weighted by Gasteiger charge is -2.17. The largest absolute Gasteiger partial charge is 0.467 e. The van der Waals surface area contributed by atoms with Gasteiger partial charge in [-0.15, -0.1) is 0 Å². The average Bonchev–Trinajstić information content (AvgIpc) is 3.25. The molecule has 1 unspecified atom stereocenters. The van der Waals surface area contributed by atoms with Gasteiger partial charge in [0.15, 0.2) is 0 Å². The number of nitrogens with one attached hydrogen (secondary N) is 1. The SMILES string of the molecule is Cc1cc(C)n(C(CNC(=O)/C=C/c2ccccc2)c2ccco2)n1. The van der Waals surface area contributed by atoms with E-state index in [4.69, 9.17) is 4.42 Å². The van der Waals surface area contributed by atoms with Crippen molar-refractivity contribution in [1.29, 1.82) is 0 Å². The van der Waals surface area contributed by atoms with Crippen molar-refractivity contribution in [2.24, 2.45) is 0 Å². The van der Waals surface area contributed by atoms with Crippen molar-refractivity contribution in [3.8, 4) is 0 Å². The second-order valence-electron chi connectivity index (χ2n) is 5.89. The molecule has 3 aromatic rings. The first kappa shape index (κ1) is 16.8. The fourth-order valence-electron chi connectivity index (χ4n) is 2.74. The van der Waals surface area contributed by atoms with Gasteiger partial charge in [0.25, 0.3) is 0 Å². The van der Waals surface area contributed by atoms with Crippen LogP contribution in [0.1, 0.15) is 28.8 Å². The summed E-state index contributed by atoms with van der Waals surface area (Å²) < 4.78 is 7.43. The molecule has 1 atom stereocenters. The Balaban J connectivity index is 1.70. The van der Waals surface area contributed by atoms with E-state index in [2.05, 4.69) is 10.4 Å². The van der Waals surface area contributed by atoms with Gasteiger partial charge >= 0.3 is 0 Å². The molecule has 1 amide bonds. The normalized spacial score (nSPS) is 12.4. The van der Waals surface area contributed by atoms with Gasteiger partial charge in [0.05, 0.1) is 12.0 Å². The summed E-state index contributed by atoms with van der Waals surface area (Å²) in [6, 6.07) is 15.3. The standard InChI is InChI=1S/C20H21N3O2/c1-15-13-16(2)23(22-15)18(19-9-6-12-25-19)14-21-20(24)11-10-17-7-4-3-5-8-17/h3-13,18H,14H2,1-2H3,(H,21,24)/b11-10+. The topological polar surface area (TPSA) is 60.1 Å². The van der Waals surface area contributed by atoms with E-state index in [0.717, 1.165) is 22.7 Å². The van der Waals surface area contributed by atoms with Gasteiger partial charge in [-0.2, -0.15) is 5.10 Å². The Bertz CT molecular complexity index is 848. The first-order valence-corrected chi connectivity index (χ1v) is 8.20. The highest BCUT2D eigenvalue weighted by Crippen LogP contribution is 2.20. The first-order chi connectivity index (χ1) is 12.1. The fourth-order valence-corrected chi connectivity index (χ4v) is 2.74. The maximum atomic E-state index is 12.2. The minimum atomic E-state index is -0.183. The van der Waals surface area contributed by atoms with Crippen LogP contribution in [0.15, 0.2) is 65.3 Å². The molecule has 0 radical (unpaired) electrons. The summed E-state index contributed by atoms with van der Waals surface area (Å²) in [6.07, 6.45) is 4.96. The molecule has 25 heavy (non-hydrogen) atoms. The summed E-state index contributed by atoms with van der Waals surface area (Å²) in [5.74, 6) is 0.612. The number of furan rings is 1. The lowest BCUT2D eigenvalue weighted by molar-refractivity contribution is -0.116. The number of carbonyl (C=O) groups is 1. The van der Waals surface area contributed by atoms with Crippen molar-refractivity contribution in [2.75, 3.05) is 6.54 Å². The quantitative estimate of drug-likeness (QED) is 0.701. The zero-order chi connectivity index (χ0) is 17.6. The predicted molar refractivity (Wildman–Crippen MR) is 97.0 cm³/mol. The van der Waals surface area contributed by atoms with Crippen LogP contribution in [0.4, 0.5) is 0 Å². The Kier molecular flexibility index (Phi) is 5.14. The minimum absolute atomic E-state index is 0.151. The maximum absolute atomic E-state index is 12.2. The van der Waals surface area contributed by atoms with Crippen LogP contribution in [0.2, 0.25) is 0 Å². The van der Waals surface area contributed by atoms with Crippen LogP contribution < -0.4 is 5.32 Å². The highest BCUT2D eigenvalue weighted by atomic mass is 16.3. The molecule has 3 rings (SSSR count). The Morgan fingerprint density at radius 3 is 2.68 bits per heavy atom. The monoisotopic (exact) mass is 335 g/mol. The van der Waals surface area contributed by atoms with Crippen molar-refractivity contribution < 1.29 is 9.21 Å². The third-order valence-corrected chi connectivity index (χ3v) is 3.91. The van der Waals surface area contributed by atoms with Gasteiger partial charge in [-0.05, 0) is 43.7 Å². The molecule has 1 N–H and O–H groups in total.